The number of benzene rings is 2. The molecule has 2 aromatic rings. The number of aliphatic hydroxyl groups is 1. The summed E-state index contributed by atoms with van der Waals surface area (Å²) in [4.78, 5) is 25.7. The summed E-state index contributed by atoms with van der Waals surface area (Å²) in [6.45, 7) is 0. The Labute approximate surface area is 128 Å². The number of Topliss-reactive ketones (excluding diaryl/α,β-unsaturated/α-hetero) is 1. The quantitative estimate of drug-likeness (QED) is 0.526. The van der Waals surface area contributed by atoms with Gasteiger partial charge in [-0.2, -0.15) is 0 Å². The molecular weight excluding hydrogens is 278 g/mol. The van der Waals surface area contributed by atoms with Gasteiger partial charge < -0.3 is 10.0 Å². The maximum absolute atomic E-state index is 12.3. The van der Waals surface area contributed by atoms with Crippen molar-refractivity contribution in [3.8, 4) is 0 Å². The van der Waals surface area contributed by atoms with Crippen molar-refractivity contribution in [1.82, 2.24) is 4.90 Å². The first-order chi connectivity index (χ1) is 10.6. The number of hydrogen-bond acceptors (Lipinski definition) is 3. The van der Waals surface area contributed by atoms with Crippen molar-refractivity contribution in [2.24, 2.45) is 0 Å². The van der Waals surface area contributed by atoms with Crippen molar-refractivity contribution < 1.29 is 14.7 Å². The molecule has 2 aromatic carbocycles. The molecular formula is C18H15NO3. The Morgan fingerprint density at radius 3 is 2.09 bits per heavy atom. The summed E-state index contributed by atoms with van der Waals surface area (Å²) in [5.41, 5.74) is 1.45. The molecule has 1 aliphatic heterocycles. The molecule has 0 aliphatic carbocycles. The highest BCUT2D eigenvalue weighted by atomic mass is 16.3. The first-order valence-electron chi connectivity index (χ1n) is 6.96. The fourth-order valence-electron chi connectivity index (χ4n) is 2.72. The minimum Gasteiger partial charge on any atom is -0.507 e. The van der Waals surface area contributed by atoms with Crippen LogP contribution >= 0.6 is 0 Å². The van der Waals surface area contributed by atoms with Crippen molar-refractivity contribution >= 4 is 17.4 Å². The van der Waals surface area contributed by atoms with Crippen LogP contribution in [-0.4, -0.2) is 28.7 Å². The Bertz CT molecular complexity index is 750. The highest BCUT2D eigenvalue weighted by Crippen LogP contribution is 2.37. The molecule has 1 aliphatic rings. The monoisotopic (exact) mass is 293 g/mol. The van der Waals surface area contributed by atoms with E-state index < -0.39 is 17.7 Å². The minimum absolute atomic E-state index is 0.130. The van der Waals surface area contributed by atoms with Crippen LogP contribution in [0.3, 0.4) is 0 Å². The van der Waals surface area contributed by atoms with Gasteiger partial charge in [0.1, 0.15) is 5.76 Å². The summed E-state index contributed by atoms with van der Waals surface area (Å²) in [5, 5.41) is 10.5. The van der Waals surface area contributed by atoms with E-state index >= 15 is 0 Å². The topological polar surface area (TPSA) is 57.6 Å². The largest absolute Gasteiger partial charge is 0.507 e. The average molecular weight is 293 g/mol. The molecule has 4 heteroatoms. The van der Waals surface area contributed by atoms with Crippen LogP contribution in [0.4, 0.5) is 0 Å². The van der Waals surface area contributed by atoms with Crippen molar-refractivity contribution in [1.29, 1.82) is 0 Å². The van der Waals surface area contributed by atoms with Crippen LogP contribution in [0.25, 0.3) is 5.76 Å². The molecule has 1 unspecified atom stereocenters. The number of carbonyl (C=O) groups is 2. The number of likely N-dealkylation sites (tertiary alicyclic amines) is 1. The van der Waals surface area contributed by atoms with Gasteiger partial charge in [0.2, 0.25) is 0 Å². The Hall–Kier alpha value is -2.88. The van der Waals surface area contributed by atoms with Crippen molar-refractivity contribution in [3.05, 3.63) is 77.4 Å². The summed E-state index contributed by atoms with van der Waals surface area (Å²) in [6, 6.07) is 17.4. The van der Waals surface area contributed by atoms with Crippen LogP contribution in [0.1, 0.15) is 17.2 Å². The van der Waals surface area contributed by atoms with Crippen LogP contribution in [0.15, 0.2) is 66.2 Å². The Balaban J connectivity index is 2.18. The van der Waals surface area contributed by atoms with Crippen molar-refractivity contribution in [2.75, 3.05) is 7.05 Å². The lowest BCUT2D eigenvalue weighted by molar-refractivity contribution is -0.139. The first-order valence-corrected chi connectivity index (χ1v) is 6.96. The van der Waals surface area contributed by atoms with Crippen LogP contribution in [0.5, 0.6) is 0 Å². The van der Waals surface area contributed by atoms with E-state index in [1.54, 1.807) is 31.3 Å². The van der Waals surface area contributed by atoms with E-state index in [1.807, 2.05) is 36.4 Å². The zero-order valence-electron chi connectivity index (χ0n) is 12.1. The lowest BCUT2D eigenvalue weighted by Gasteiger charge is -2.20. The van der Waals surface area contributed by atoms with E-state index in [2.05, 4.69) is 0 Å². The first kappa shape index (κ1) is 14.1. The molecule has 3 rings (SSSR count). The Kier molecular flexibility index (Phi) is 3.51. The van der Waals surface area contributed by atoms with Gasteiger partial charge in [-0.25, -0.2) is 0 Å². The van der Waals surface area contributed by atoms with Crippen LogP contribution in [0.2, 0.25) is 0 Å². The lowest BCUT2D eigenvalue weighted by atomic mass is 9.95. The molecule has 1 heterocycles. The van der Waals surface area contributed by atoms with Crippen molar-refractivity contribution in [2.45, 2.75) is 6.04 Å². The summed E-state index contributed by atoms with van der Waals surface area (Å²) >= 11 is 0. The van der Waals surface area contributed by atoms with Gasteiger partial charge in [0.05, 0.1) is 11.6 Å². The SMILES string of the molecule is CN1C(=O)C(=O)/C(=C(\O)c2ccccc2)C1c1ccccc1. The number of rotatable bonds is 2. The third-order valence-electron chi connectivity index (χ3n) is 3.84. The fraction of sp³-hybridized carbons (Fsp3) is 0.111. The summed E-state index contributed by atoms with van der Waals surface area (Å²) in [5.74, 6) is -1.40. The van der Waals surface area contributed by atoms with E-state index in [0.717, 1.165) is 5.56 Å². The standard InChI is InChI=1S/C18H15NO3/c1-19-15(12-8-4-2-5-9-12)14(17(21)18(19)22)16(20)13-10-6-3-7-11-13/h2-11,15,20H,1H3/b16-14-. The third kappa shape index (κ3) is 2.19. The maximum atomic E-state index is 12.3. The van der Waals surface area contributed by atoms with Gasteiger partial charge in [0.25, 0.3) is 11.7 Å². The van der Waals surface area contributed by atoms with Crippen LogP contribution in [-0.2, 0) is 9.59 Å². The van der Waals surface area contributed by atoms with Crippen LogP contribution in [0, 0.1) is 0 Å². The fourth-order valence-corrected chi connectivity index (χ4v) is 2.72. The summed E-state index contributed by atoms with van der Waals surface area (Å²) < 4.78 is 0. The van der Waals surface area contributed by atoms with Gasteiger partial charge in [-0.3, -0.25) is 9.59 Å². The number of hydrogen-bond donors (Lipinski definition) is 1. The molecule has 110 valence electrons. The molecule has 1 fully saturated rings. The zero-order chi connectivity index (χ0) is 15.7. The van der Waals surface area contributed by atoms with E-state index in [9.17, 15) is 14.7 Å². The molecule has 0 spiro atoms. The minimum atomic E-state index is -0.655. The van der Waals surface area contributed by atoms with Gasteiger partial charge in [-0.05, 0) is 5.56 Å². The second kappa shape index (κ2) is 5.48. The van der Waals surface area contributed by atoms with Gasteiger partial charge in [-0.15, -0.1) is 0 Å². The molecule has 1 saturated heterocycles. The Morgan fingerprint density at radius 2 is 1.50 bits per heavy atom. The number of nitrogens with zero attached hydrogens (tertiary/aromatic N) is 1. The molecule has 1 amide bonds. The number of ketones is 1. The number of carbonyl (C=O) groups excluding carboxylic acids is 2. The molecule has 4 nitrogen and oxygen atoms in total. The molecule has 1 N–H and O–H groups in total. The second-order valence-electron chi connectivity index (χ2n) is 5.19. The molecule has 0 aromatic heterocycles. The van der Waals surface area contributed by atoms with E-state index in [1.165, 1.54) is 4.90 Å². The number of amides is 1. The normalized spacial score (nSPS) is 20.4. The third-order valence-corrected chi connectivity index (χ3v) is 3.84. The maximum Gasteiger partial charge on any atom is 0.295 e. The van der Waals surface area contributed by atoms with Gasteiger partial charge >= 0.3 is 0 Å². The van der Waals surface area contributed by atoms with E-state index in [4.69, 9.17) is 0 Å². The second-order valence-corrected chi connectivity index (χ2v) is 5.19. The predicted molar refractivity (Wildman–Crippen MR) is 83.0 cm³/mol. The molecule has 1 atom stereocenters. The number of aliphatic hydroxyl groups excluding tert-OH is 1. The molecule has 0 bridgehead atoms. The average Bonchev–Trinajstić information content (AvgIpc) is 2.80. The van der Waals surface area contributed by atoms with Crippen molar-refractivity contribution in [3.63, 3.8) is 0 Å². The zero-order valence-corrected chi connectivity index (χ0v) is 12.1. The molecule has 22 heavy (non-hydrogen) atoms. The number of likely N-dealkylation sites (N-methyl/N-ethyl adjacent to an activating group) is 1. The summed E-state index contributed by atoms with van der Waals surface area (Å²) in [6.07, 6.45) is 0. The summed E-state index contributed by atoms with van der Waals surface area (Å²) in [7, 11) is 1.57. The smallest absolute Gasteiger partial charge is 0.295 e. The highest BCUT2D eigenvalue weighted by molar-refractivity contribution is 6.46. The van der Waals surface area contributed by atoms with Crippen LogP contribution < -0.4 is 0 Å². The van der Waals surface area contributed by atoms with E-state index in [0.29, 0.717) is 5.56 Å². The molecule has 0 radical (unpaired) electrons. The van der Waals surface area contributed by atoms with Gasteiger partial charge in [0.15, 0.2) is 0 Å². The predicted octanol–water partition coefficient (Wildman–Crippen LogP) is 2.74. The van der Waals surface area contributed by atoms with E-state index in [-0.39, 0.29) is 11.3 Å². The van der Waals surface area contributed by atoms with Gasteiger partial charge in [-0.1, -0.05) is 60.7 Å². The lowest BCUT2D eigenvalue weighted by Crippen LogP contribution is -2.24. The molecule has 0 saturated carbocycles. The Morgan fingerprint density at radius 1 is 0.955 bits per heavy atom. The van der Waals surface area contributed by atoms with Gasteiger partial charge in [0, 0.05) is 12.6 Å². The highest BCUT2D eigenvalue weighted by Gasteiger charge is 2.43.